The van der Waals surface area contributed by atoms with Gasteiger partial charge in [-0.25, -0.2) is 0 Å². The highest BCUT2D eigenvalue weighted by molar-refractivity contribution is 5.85. The van der Waals surface area contributed by atoms with Crippen molar-refractivity contribution in [1.82, 2.24) is 4.90 Å². The monoisotopic (exact) mass is 417 g/mol. The minimum absolute atomic E-state index is 0. The van der Waals surface area contributed by atoms with Crippen LogP contribution in [-0.4, -0.2) is 42.7 Å². The van der Waals surface area contributed by atoms with Crippen molar-refractivity contribution in [3.63, 3.8) is 0 Å². The van der Waals surface area contributed by atoms with E-state index < -0.39 is 0 Å². The predicted molar refractivity (Wildman–Crippen MR) is 119 cm³/mol. The molecule has 0 bridgehead atoms. The first-order valence-corrected chi connectivity index (χ1v) is 10.1. The van der Waals surface area contributed by atoms with Crippen LogP contribution in [-0.2, 0) is 21.4 Å². The Balaban J connectivity index is 0.00000300. The number of methoxy groups -OCH3 is 1. The smallest absolute Gasteiger partial charge is 0.310 e. The molecule has 4 nitrogen and oxygen atoms in total. The van der Waals surface area contributed by atoms with E-state index in [1.54, 1.807) is 6.07 Å². The lowest BCUT2D eigenvalue weighted by molar-refractivity contribution is -0.146. The summed E-state index contributed by atoms with van der Waals surface area (Å²) in [5.41, 5.74) is 2.37. The van der Waals surface area contributed by atoms with Crippen molar-refractivity contribution in [3.8, 4) is 5.75 Å². The van der Waals surface area contributed by atoms with Crippen LogP contribution in [0, 0.1) is 11.8 Å². The summed E-state index contributed by atoms with van der Waals surface area (Å²) in [5, 5.41) is 9.88. The number of nitrogens with zero attached hydrogens (tertiary/aromatic N) is 1. The lowest BCUT2D eigenvalue weighted by atomic mass is 9.68. The summed E-state index contributed by atoms with van der Waals surface area (Å²) in [5.74, 6) is 0.433. The molecule has 1 saturated heterocycles. The van der Waals surface area contributed by atoms with Gasteiger partial charge in [0.1, 0.15) is 5.75 Å². The Morgan fingerprint density at radius 1 is 1.24 bits per heavy atom. The van der Waals surface area contributed by atoms with E-state index in [-0.39, 0.29) is 29.7 Å². The zero-order valence-corrected chi connectivity index (χ0v) is 18.3. The van der Waals surface area contributed by atoms with Crippen LogP contribution in [0.15, 0.2) is 54.6 Å². The van der Waals surface area contributed by atoms with Crippen LogP contribution < -0.4 is 0 Å². The number of ether oxygens (including phenoxy) is 1. The van der Waals surface area contributed by atoms with E-state index in [1.165, 1.54) is 12.7 Å². The fourth-order valence-corrected chi connectivity index (χ4v) is 4.37. The van der Waals surface area contributed by atoms with E-state index in [4.69, 9.17) is 4.74 Å². The summed E-state index contributed by atoms with van der Waals surface area (Å²) in [6.45, 7) is 7.11. The maximum absolute atomic E-state index is 12.4. The number of esters is 1. The summed E-state index contributed by atoms with van der Waals surface area (Å²) in [6, 6.07) is 17.8. The third kappa shape index (κ3) is 5.52. The number of carbonyl (C=O) groups is 1. The number of benzene rings is 2. The van der Waals surface area contributed by atoms with E-state index >= 15 is 0 Å². The largest absolute Gasteiger partial charge is 0.508 e. The number of aromatic hydroxyl groups is 1. The van der Waals surface area contributed by atoms with Gasteiger partial charge in [-0.05, 0) is 54.0 Å². The second-order valence-corrected chi connectivity index (χ2v) is 8.29. The minimum Gasteiger partial charge on any atom is -0.508 e. The van der Waals surface area contributed by atoms with Crippen LogP contribution in [0.2, 0.25) is 0 Å². The van der Waals surface area contributed by atoms with Gasteiger partial charge in [0.2, 0.25) is 0 Å². The fraction of sp³-hybridized carbons (Fsp3) is 0.458. The molecule has 0 spiro atoms. The second kappa shape index (κ2) is 10.1. The quantitative estimate of drug-likeness (QED) is 0.705. The number of halogens is 1. The standard InChI is InChI=1S/C24H31NO3.ClH/c1-18-16-25(13-12-24(18,2)21-10-7-11-22(26)15-21)17-20(23(27)28-3)14-19-8-5-4-6-9-19;/h4-11,15,18,20,26H,12-14,16-17H2,1-3H3;1H/t18-,20-,24+;/m0./s1. The molecule has 0 aliphatic carbocycles. The Kier molecular flexibility index (Phi) is 8.12. The lowest BCUT2D eigenvalue weighted by Crippen LogP contribution is -2.49. The third-order valence-corrected chi connectivity index (χ3v) is 6.41. The van der Waals surface area contributed by atoms with Crippen LogP contribution >= 0.6 is 12.4 Å². The molecule has 29 heavy (non-hydrogen) atoms. The molecule has 0 amide bonds. The maximum Gasteiger partial charge on any atom is 0.310 e. The number of likely N-dealkylation sites (tertiary alicyclic amines) is 1. The number of piperidine rings is 1. The van der Waals surface area contributed by atoms with Crippen molar-refractivity contribution >= 4 is 18.4 Å². The zero-order chi connectivity index (χ0) is 20.1. The highest BCUT2D eigenvalue weighted by atomic mass is 35.5. The predicted octanol–water partition coefficient (Wildman–Crippen LogP) is 4.45. The van der Waals surface area contributed by atoms with Gasteiger partial charge in [0, 0.05) is 13.1 Å². The molecule has 1 heterocycles. The zero-order valence-electron chi connectivity index (χ0n) is 17.5. The van der Waals surface area contributed by atoms with E-state index in [0.717, 1.165) is 25.1 Å². The van der Waals surface area contributed by atoms with Crippen molar-refractivity contribution in [3.05, 3.63) is 65.7 Å². The molecule has 1 fully saturated rings. The summed E-state index contributed by atoms with van der Waals surface area (Å²) in [7, 11) is 1.47. The van der Waals surface area contributed by atoms with Gasteiger partial charge in [-0.1, -0.05) is 56.3 Å². The maximum atomic E-state index is 12.4. The van der Waals surface area contributed by atoms with Crippen LogP contribution in [0.5, 0.6) is 5.75 Å². The number of rotatable bonds is 6. The van der Waals surface area contributed by atoms with Crippen molar-refractivity contribution in [1.29, 1.82) is 0 Å². The summed E-state index contributed by atoms with van der Waals surface area (Å²) in [6.07, 6.45) is 1.69. The van der Waals surface area contributed by atoms with Gasteiger partial charge in [-0.3, -0.25) is 4.79 Å². The molecule has 0 radical (unpaired) electrons. The van der Waals surface area contributed by atoms with Gasteiger partial charge in [-0.2, -0.15) is 0 Å². The first-order valence-electron chi connectivity index (χ1n) is 10.1. The number of phenols is 1. The molecule has 3 rings (SSSR count). The van der Waals surface area contributed by atoms with Gasteiger partial charge in [-0.15, -0.1) is 12.4 Å². The van der Waals surface area contributed by atoms with Gasteiger partial charge in [0.15, 0.2) is 0 Å². The number of carbonyl (C=O) groups excluding carboxylic acids is 1. The SMILES string of the molecule is COC(=O)[C@@H](Cc1ccccc1)CN1CC[C@@](C)(c2cccc(O)c2)[C@@H](C)C1.Cl. The topological polar surface area (TPSA) is 49.8 Å². The normalized spacial score (nSPS) is 23.1. The molecule has 1 aliphatic heterocycles. The first kappa shape index (κ1) is 23.2. The average molecular weight is 418 g/mol. The van der Waals surface area contributed by atoms with Gasteiger partial charge in [0.05, 0.1) is 13.0 Å². The van der Waals surface area contributed by atoms with Crippen LogP contribution in [0.25, 0.3) is 0 Å². The Labute approximate surface area is 180 Å². The molecular weight excluding hydrogens is 386 g/mol. The van der Waals surface area contributed by atoms with Crippen LogP contribution in [0.1, 0.15) is 31.4 Å². The van der Waals surface area contributed by atoms with Gasteiger partial charge < -0.3 is 14.7 Å². The Morgan fingerprint density at radius 3 is 2.59 bits per heavy atom. The molecule has 1 N–H and O–H groups in total. The molecule has 158 valence electrons. The average Bonchev–Trinajstić information content (AvgIpc) is 2.70. The molecule has 0 unspecified atom stereocenters. The summed E-state index contributed by atoms with van der Waals surface area (Å²) < 4.78 is 5.08. The molecule has 1 aliphatic rings. The van der Waals surface area contributed by atoms with Gasteiger partial charge >= 0.3 is 5.97 Å². The Hall–Kier alpha value is -2.04. The second-order valence-electron chi connectivity index (χ2n) is 8.29. The Bertz CT molecular complexity index is 798. The molecular formula is C24H32ClNO3. The number of hydrogen-bond acceptors (Lipinski definition) is 4. The lowest BCUT2D eigenvalue weighted by Gasteiger charge is -2.45. The van der Waals surface area contributed by atoms with Crippen molar-refractivity contribution in [2.24, 2.45) is 11.8 Å². The molecule has 3 atom stereocenters. The van der Waals surface area contributed by atoms with E-state index in [0.29, 0.717) is 24.6 Å². The van der Waals surface area contributed by atoms with Crippen molar-refractivity contribution in [2.45, 2.75) is 32.1 Å². The molecule has 0 saturated carbocycles. The molecule has 2 aromatic carbocycles. The van der Waals surface area contributed by atoms with E-state index in [2.05, 4.69) is 36.9 Å². The highest BCUT2D eigenvalue weighted by Crippen LogP contribution is 2.40. The van der Waals surface area contributed by atoms with Gasteiger partial charge in [0.25, 0.3) is 0 Å². The van der Waals surface area contributed by atoms with E-state index in [9.17, 15) is 9.90 Å². The van der Waals surface area contributed by atoms with Crippen molar-refractivity contribution < 1.29 is 14.6 Å². The fourth-order valence-electron chi connectivity index (χ4n) is 4.37. The number of phenolic OH excluding ortho intramolecular Hbond substituents is 1. The van der Waals surface area contributed by atoms with Crippen LogP contribution in [0.3, 0.4) is 0 Å². The third-order valence-electron chi connectivity index (χ3n) is 6.41. The van der Waals surface area contributed by atoms with E-state index in [1.807, 2.05) is 30.3 Å². The number of hydrogen-bond donors (Lipinski definition) is 1. The minimum atomic E-state index is -0.162. The van der Waals surface area contributed by atoms with Crippen molar-refractivity contribution in [2.75, 3.05) is 26.7 Å². The first-order chi connectivity index (χ1) is 13.4. The highest BCUT2D eigenvalue weighted by Gasteiger charge is 2.39. The Morgan fingerprint density at radius 2 is 1.97 bits per heavy atom. The molecule has 0 aromatic heterocycles. The summed E-state index contributed by atoms with van der Waals surface area (Å²) >= 11 is 0. The molecule has 2 aromatic rings. The molecule has 5 heteroatoms. The van der Waals surface area contributed by atoms with Crippen LogP contribution in [0.4, 0.5) is 0 Å². The summed E-state index contributed by atoms with van der Waals surface area (Å²) in [4.78, 5) is 14.8.